The van der Waals surface area contributed by atoms with Crippen molar-refractivity contribution in [2.24, 2.45) is 0 Å². The minimum atomic E-state index is -1.00. The van der Waals surface area contributed by atoms with Gasteiger partial charge in [-0.15, -0.1) is 0 Å². The predicted molar refractivity (Wildman–Crippen MR) is 108 cm³/mol. The molecule has 0 unspecified atom stereocenters. The van der Waals surface area contributed by atoms with Gasteiger partial charge in [-0.2, -0.15) is 0 Å². The lowest BCUT2D eigenvalue weighted by atomic mass is 9.87. The standard InChI is InChI=1S/C20H23ClN4O4/c21-16-3-1-14(2-4-16)17(26)23-10-11-24-19(28)20(6-8-22-9-7-20)25-18(27)15-5-12-29-13-15/h1-5,12-13,22H,6-11H2,(H,23,26)(H,24,28)(H,25,27). The van der Waals surface area contributed by atoms with Crippen LogP contribution in [0.15, 0.2) is 47.3 Å². The van der Waals surface area contributed by atoms with Crippen LogP contribution < -0.4 is 21.3 Å². The minimum Gasteiger partial charge on any atom is -0.472 e. The van der Waals surface area contributed by atoms with Crippen LogP contribution in [0.4, 0.5) is 0 Å². The molecule has 2 aromatic rings. The molecule has 3 rings (SSSR count). The summed E-state index contributed by atoms with van der Waals surface area (Å²) in [6, 6.07) is 8.09. The number of rotatable bonds is 7. The highest BCUT2D eigenvalue weighted by molar-refractivity contribution is 6.30. The molecule has 3 amide bonds. The molecule has 1 fully saturated rings. The zero-order valence-corrected chi connectivity index (χ0v) is 16.6. The Labute approximate surface area is 173 Å². The second-order valence-electron chi connectivity index (χ2n) is 6.82. The molecule has 0 radical (unpaired) electrons. The van der Waals surface area contributed by atoms with Gasteiger partial charge in [0.15, 0.2) is 0 Å². The number of furan rings is 1. The molecule has 9 heteroatoms. The number of hydrogen-bond donors (Lipinski definition) is 4. The number of benzene rings is 1. The van der Waals surface area contributed by atoms with Gasteiger partial charge in [0.1, 0.15) is 11.8 Å². The van der Waals surface area contributed by atoms with Crippen molar-refractivity contribution in [1.29, 1.82) is 0 Å². The van der Waals surface area contributed by atoms with Crippen LogP contribution in [0.1, 0.15) is 33.6 Å². The van der Waals surface area contributed by atoms with Crippen LogP contribution in [-0.4, -0.2) is 49.4 Å². The Hall–Kier alpha value is -2.84. The summed E-state index contributed by atoms with van der Waals surface area (Å²) in [5.41, 5.74) is -0.145. The SMILES string of the molecule is O=C(NCCNC(=O)C1(NC(=O)c2ccoc2)CCNCC1)c1ccc(Cl)cc1. The molecule has 8 nitrogen and oxygen atoms in total. The van der Waals surface area contributed by atoms with E-state index in [0.29, 0.717) is 42.1 Å². The molecule has 0 bridgehead atoms. The van der Waals surface area contributed by atoms with Crippen molar-refractivity contribution in [1.82, 2.24) is 21.3 Å². The topological polar surface area (TPSA) is 112 Å². The summed E-state index contributed by atoms with van der Waals surface area (Å²) in [5, 5.41) is 12.2. The Morgan fingerprint density at radius 3 is 2.31 bits per heavy atom. The maximum absolute atomic E-state index is 12.9. The van der Waals surface area contributed by atoms with Gasteiger partial charge >= 0.3 is 0 Å². The van der Waals surface area contributed by atoms with Crippen LogP contribution in [0, 0.1) is 0 Å². The van der Waals surface area contributed by atoms with Gasteiger partial charge in [0.05, 0.1) is 11.8 Å². The maximum Gasteiger partial charge on any atom is 0.255 e. The Morgan fingerprint density at radius 1 is 0.966 bits per heavy atom. The van der Waals surface area contributed by atoms with E-state index in [-0.39, 0.29) is 30.8 Å². The number of halogens is 1. The smallest absolute Gasteiger partial charge is 0.255 e. The van der Waals surface area contributed by atoms with Gasteiger partial charge in [-0.25, -0.2) is 0 Å². The molecule has 1 aromatic heterocycles. The van der Waals surface area contributed by atoms with Crippen molar-refractivity contribution < 1.29 is 18.8 Å². The Balaban J connectivity index is 1.52. The lowest BCUT2D eigenvalue weighted by Gasteiger charge is -2.36. The van der Waals surface area contributed by atoms with E-state index in [1.807, 2.05) is 0 Å². The number of amides is 3. The lowest BCUT2D eigenvalue weighted by Crippen LogP contribution is -2.63. The van der Waals surface area contributed by atoms with Crippen LogP contribution in [-0.2, 0) is 4.79 Å². The third kappa shape index (κ3) is 5.36. The van der Waals surface area contributed by atoms with E-state index in [4.69, 9.17) is 16.0 Å². The number of carbonyl (C=O) groups is 3. The van der Waals surface area contributed by atoms with Crippen LogP contribution in [0.5, 0.6) is 0 Å². The van der Waals surface area contributed by atoms with Crippen molar-refractivity contribution in [3.05, 3.63) is 59.0 Å². The van der Waals surface area contributed by atoms with Gasteiger partial charge in [-0.1, -0.05) is 11.6 Å². The monoisotopic (exact) mass is 418 g/mol. The van der Waals surface area contributed by atoms with Gasteiger partial charge in [0.25, 0.3) is 11.8 Å². The summed E-state index contributed by atoms with van der Waals surface area (Å²) >= 11 is 5.81. The first-order chi connectivity index (χ1) is 14.0. The highest BCUT2D eigenvalue weighted by Crippen LogP contribution is 2.20. The van der Waals surface area contributed by atoms with Crippen molar-refractivity contribution in [2.45, 2.75) is 18.4 Å². The fourth-order valence-electron chi connectivity index (χ4n) is 3.17. The molecule has 154 valence electrons. The summed E-state index contributed by atoms with van der Waals surface area (Å²) in [5.74, 6) is -0.871. The van der Waals surface area contributed by atoms with E-state index >= 15 is 0 Å². The van der Waals surface area contributed by atoms with Crippen LogP contribution >= 0.6 is 11.6 Å². The molecule has 1 aliphatic heterocycles. The van der Waals surface area contributed by atoms with E-state index in [0.717, 1.165) is 0 Å². The highest BCUT2D eigenvalue weighted by atomic mass is 35.5. The third-order valence-electron chi connectivity index (χ3n) is 4.83. The number of piperidine rings is 1. The molecule has 1 aliphatic rings. The van der Waals surface area contributed by atoms with Crippen molar-refractivity contribution in [2.75, 3.05) is 26.2 Å². The Bertz CT molecular complexity index is 846. The molecular formula is C20H23ClN4O4. The first-order valence-corrected chi connectivity index (χ1v) is 9.75. The maximum atomic E-state index is 12.9. The fraction of sp³-hybridized carbons (Fsp3) is 0.350. The molecule has 0 atom stereocenters. The van der Waals surface area contributed by atoms with Gasteiger partial charge in [-0.05, 0) is 56.3 Å². The predicted octanol–water partition coefficient (Wildman–Crippen LogP) is 1.33. The minimum absolute atomic E-state index is 0.245. The summed E-state index contributed by atoms with van der Waals surface area (Å²) in [7, 11) is 0. The zero-order chi connectivity index (χ0) is 20.7. The quantitative estimate of drug-likeness (QED) is 0.507. The van der Waals surface area contributed by atoms with Gasteiger partial charge in [-0.3, -0.25) is 14.4 Å². The van der Waals surface area contributed by atoms with Crippen LogP contribution in [0.3, 0.4) is 0 Å². The first-order valence-electron chi connectivity index (χ1n) is 9.38. The molecule has 0 saturated carbocycles. The van der Waals surface area contributed by atoms with Crippen molar-refractivity contribution in [3.63, 3.8) is 0 Å². The zero-order valence-electron chi connectivity index (χ0n) is 15.8. The molecule has 1 aromatic carbocycles. The molecule has 2 heterocycles. The van der Waals surface area contributed by atoms with Gasteiger partial charge in [0.2, 0.25) is 5.91 Å². The van der Waals surface area contributed by atoms with Crippen molar-refractivity contribution in [3.8, 4) is 0 Å². The number of carbonyl (C=O) groups excluding carboxylic acids is 3. The Morgan fingerprint density at radius 2 is 1.66 bits per heavy atom. The number of nitrogens with one attached hydrogen (secondary N) is 4. The number of hydrogen-bond acceptors (Lipinski definition) is 5. The van der Waals surface area contributed by atoms with Crippen LogP contribution in [0.25, 0.3) is 0 Å². The summed E-state index contributed by atoms with van der Waals surface area (Å²) in [4.78, 5) is 37.4. The molecule has 0 aliphatic carbocycles. The lowest BCUT2D eigenvalue weighted by molar-refractivity contribution is -0.128. The van der Waals surface area contributed by atoms with Crippen molar-refractivity contribution >= 4 is 29.3 Å². The van der Waals surface area contributed by atoms with Gasteiger partial charge < -0.3 is 25.7 Å². The van der Waals surface area contributed by atoms with E-state index in [2.05, 4.69) is 21.3 Å². The van der Waals surface area contributed by atoms with E-state index < -0.39 is 5.54 Å². The average Bonchev–Trinajstić information content (AvgIpc) is 3.27. The first kappa shape index (κ1) is 20.9. The molecule has 4 N–H and O–H groups in total. The van der Waals surface area contributed by atoms with E-state index in [1.165, 1.54) is 12.5 Å². The molecule has 0 spiro atoms. The highest BCUT2D eigenvalue weighted by Gasteiger charge is 2.41. The van der Waals surface area contributed by atoms with E-state index in [9.17, 15) is 14.4 Å². The fourth-order valence-corrected chi connectivity index (χ4v) is 3.30. The third-order valence-corrected chi connectivity index (χ3v) is 5.08. The normalized spacial score (nSPS) is 15.3. The largest absolute Gasteiger partial charge is 0.472 e. The molecular weight excluding hydrogens is 396 g/mol. The van der Waals surface area contributed by atoms with Crippen LogP contribution in [0.2, 0.25) is 5.02 Å². The average molecular weight is 419 g/mol. The van der Waals surface area contributed by atoms with E-state index in [1.54, 1.807) is 30.3 Å². The second kappa shape index (κ2) is 9.58. The van der Waals surface area contributed by atoms with Gasteiger partial charge in [0, 0.05) is 23.7 Å². The summed E-state index contributed by atoms with van der Waals surface area (Å²) in [6.45, 7) is 1.74. The second-order valence-corrected chi connectivity index (χ2v) is 7.25. The molecule has 29 heavy (non-hydrogen) atoms. The summed E-state index contributed by atoms with van der Waals surface area (Å²) in [6.07, 6.45) is 3.70. The Kier molecular flexibility index (Phi) is 6.90. The molecule has 1 saturated heterocycles. The summed E-state index contributed by atoms with van der Waals surface area (Å²) < 4.78 is 4.94.